The van der Waals surface area contributed by atoms with Crippen molar-refractivity contribution in [1.29, 1.82) is 0 Å². The van der Waals surface area contributed by atoms with Crippen molar-refractivity contribution in [2.24, 2.45) is 0 Å². The van der Waals surface area contributed by atoms with Gasteiger partial charge in [-0.3, -0.25) is 0 Å². The molecule has 0 saturated heterocycles. The third-order valence-corrected chi connectivity index (χ3v) is 3.20. The molecule has 0 aliphatic heterocycles. The quantitative estimate of drug-likeness (QED) is 0.850. The number of hydrogen-bond donors (Lipinski definition) is 1. The molecule has 0 aliphatic carbocycles. The molecule has 2 unspecified atom stereocenters. The zero-order valence-corrected chi connectivity index (χ0v) is 11.1. The fourth-order valence-corrected chi connectivity index (χ4v) is 2.10. The first-order chi connectivity index (χ1) is 7.99. The van der Waals surface area contributed by atoms with Gasteiger partial charge in [-0.1, -0.05) is 19.4 Å². The second kappa shape index (κ2) is 6.01. The van der Waals surface area contributed by atoms with Crippen LogP contribution in [0.2, 0.25) is 0 Å². The van der Waals surface area contributed by atoms with E-state index in [0.717, 1.165) is 18.5 Å². The molecule has 17 heavy (non-hydrogen) atoms. The molecule has 0 bridgehead atoms. The Bertz CT molecular complexity index is 365. The molecule has 0 saturated carbocycles. The van der Waals surface area contributed by atoms with Gasteiger partial charge < -0.3 is 10.0 Å². The first kappa shape index (κ1) is 14.0. The van der Waals surface area contributed by atoms with E-state index in [9.17, 15) is 9.50 Å². The fraction of sp³-hybridized carbons (Fsp3) is 0.571. The minimum atomic E-state index is -0.789. The summed E-state index contributed by atoms with van der Waals surface area (Å²) in [6.45, 7) is 5.84. The maximum absolute atomic E-state index is 13.7. The number of nitrogens with zero attached hydrogens (tertiary/aromatic N) is 1. The zero-order chi connectivity index (χ0) is 13.0. The summed E-state index contributed by atoms with van der Waals surface area (Å²) in [5.41, 5.74) is 1.17. The molecule has 1 aromatic rings. The average Bonchev–Trinajstić information content (AvgIpc) is 2.27. The predicted molar refractivity (Wildman–Crippen MR) is 69.8 cm³/mol. The van der Waals surface area contributed by atoms with Crippen LogP contribution in [0.5, 0.6) is 0 Å². The van der Waals surface area contributed by atoms with Gasteiger partial charge in [0.2, 0.25) is 0 Å². The van der Waals surface area contributed by atoms with Crippen LogP contribution in [0.15, 0.2) is 18.2 Å². The van der Waals surface area contributed by atoms with Crippen LogP contribution in [0.3, 0.4) is 0 Å². The Balaban J connectivity index is 3.08. The highest BCUT2D eigenvalue weighted by Crippen LogP contribution is 2.29. The highest BCUT2D eigenvalue weighted by Gasteiger charge is 2.18. The van der Waals surface area contributed by atoms with Crippen molar-refractivity contribution in [3.05, 3.63) is 29.6 Å². The lowest BCUT2D eigenvalue weighted by Crippen LogP contribution is -2.30. The van der Waals surface area contributed by atoms with Crippen LogP contribution in [-0.4, -0.2) is 18.2 Å². The van der Waals surface area contributed by atoms with Gasteiger partial charge in [-0.15, -0.1) is 0 Å². The molecule has 0 radical (unpaired) electrons. The number of aliphatic hydroxyl groups is 1. The van der Waals surface area contributed by atoms with Gasteiger partial charge in [-0.25, -0.2) is 4.39 Å². The second-order valence-electron chi connectivity index (χ2n) is 4.60. The van der Waals surface area contributed by atoms with E-state index in [2.05, 4.69) is 13.8 Å². The topological polar surface area (TPSA) is 23.5 Å². The molecule has 1 N–H and O–H groups in total. The maximum atomic E-state index is 13.7. The molecule has 0 aliphatic rings. The molecule has 3 heteroatoms. The van der Waals surface area contributed by atoms with Crippen molar-refractivity contribution >= 4 is 5.69 Å². The van der Waals surface area contributed by atoms with Crippen LogP contribution in [0, 0.1) is 5.82 Å². The van der Waals surface area contributed by atoms with E-state index in [4.69, 9.17) is 0 Å². The van der Waals surface area contributed by atoms with E-state index in [0.29, 0.717) is 11.6 Å². The van der Waals surface area contributed by atoms with E-state index in [1.165, 1.54) is 6.07 Å². The highest BCUT2D eigenvalue weighted by molar-refractivity contribution is 5.55. The van der Waals surface area contributed by atoms with E-state index >= 15 is 0 Å². The molecule has 0 spiro atoms. The maximum Gasteiger partial charge on any atom is 0.131 e. The number of benzene rings is 1. The first-order valence-electron chi connectivity index (χ1n) is 6.18. The smallest absolute Gasteiger partial charge is 0.131 e. The van der Waals surface area contributed by atoms with E-state index in [-0.39, 0.29) is 5.82 Å². The predicted octanol–water partition coefficient (Wildman–Crippen LogP) is 3.50. The third kappa shape index (κ3) is 3.19. The second-order valence-corrected chi connectivity index (χ2v) is 4.60. The number of aliphatic hydroxyl groups excluding tert-OH is 1. The summed E-state index contributed by atoms with van der Waals surface area (Å²) in [6.07, 6.45) is 1.35. The van der Waals surface area contributed by atoms with Crippen LogP contribution < -0.4 is 4.90 Å². The molecular formula is C14H22FNO. The minimum Gasteiger partial charge on any atom is -0.389 e. The summed E-state index contributed by atoms with van der Waals surface area (Å²) in [5, 5.41) is 9.68. The van der Waals surface area contributed by atoms with Crippen molar-refractivity contribution in [2.45, 2.75) is 45.8 Å². The Labute approximate surface area is 103 Å². The van der Waals surface area contributed by atoms with E-state index in [1.807, 2.05) is 18.0 Å². The van der Waals surface area contributed by atoms with Gasteiger partial charge in [0.1, 0.15) is 5.82 Å². The summed E-state index contributed by atoms with van der Waals surface area (Å²) in [4.78, 5) is 2.04. The normalized spacial score (nSPS) is 14.5. The SMILES string of the molecule is CCCC(C)N(C)c1cccc(F)c1C(C)O. The Hall–Kier alpha value is -1.09. The number of halogens is 1. The minimum absolute atomic E-state index is 0.333. The van der Waals surface area contributed by atoms with Crippen LogP contribution in [0.1, 0.15) is 45.3 Å². The molecule has 2 atom stereocenters. The van der Waals surface area contributed by atoms with Gasteiger partial charge in [0.25, 0.3) is 0 Å². The lowest BCUT2D eigenvalue weighted by atomic mass is 10.0. The molecule has 0 fully saturated rings. The summed E-state index contributed by atoms with van der Waals surface area (Å²) in [5.74, 6) is -0.340. The lowest BCUT2D eigenvalue weighted by Gasteiger charge is -2.29. The van der Waals surface area contributed by atoms with Crippen LogP contribution in [0.25, 0.3) is 0 Å². The summed E-state index contributed by atoms with van der Waals surface area (Å²) < 4.78 is 13.7. The van der Waals surface area contributed by atoms with Crippen molar-refractivity contribution in [1.82, 2.24) is 0 Å². The largest absolute Gasteiger partial charge is 0.389 e. The van der Waals surface area contributed by atoms with Gasteiger partial charge in [0.15, 0.2) is 0 Å². The van der Waals surface area contributed by atoms with Gasteiger partial charge in [0, 0.05) is 24.3 Å². The van der Waals surface area contributed by atoms with E-state index < -0.39 is 6.10 Å². The Morgan fingerprint density at radius 3 is 2.53 bits per heavy atom. The molecule has 96 valence electrons. The monoisotopic (exact) mass is 239 g/mol. The van der Waals surface area contributed by atoms with E-state index in [1.54, 1.807) is 13.0 Å². The first-order valence-corrected chi connectivity index (χ1v) is 6.18. The third-order valence-electron chi connectivity index (χ3n) is 3.20. The zero-order valence-electron chi connectivity index (χ0n) is 11.1. The Morgan fingerprint density at radius 2 is 2.00 bits per heavy atom. The molecule has 1 aromatic carbocycles. The number of hydrogen-bond acceptors (Lipinski definition) is 2. The number of anilines is 1. The van der Waals surface area contributed by atoms with Crippen molar-refractivity contribution < 1.29 is 9.50 Å². The number of rotatable bonds is 5. The molecule has 1 rings (SSSR count). The summed E-state index contributed by atoms with van der Waals surface area (Å²) in [7, 11) is 1.95. The van der Waals surface area contributed by atoms with Crippen molar-refractivity contribution in [2.75, 3.05) is 11.9 Å². The van der Waals surface area contributed by atoms with Crippen LogP contribution >= 0.6 is 0 Å². The van der Waals surface area contributed by atoms with Gasteiger partial charge in [0.05, 0.1) is 6.10 Å². The molecule has 0 heterocycles. The van der Waals surface area contributed by atoms with Gasteiger partial charge >= 0.3 is 0 Å². The Morgan fingerprint density at radius 1 is 1.35 bits per heavy atom. The lowest BCUT2D eigenvalue weighted by molar-refractivity contribution is 0.194. The van der Waals surface area contributed by atoms with Crippen LogP contribution in [0.4, 0.5) is 10.1 Å². The summed E-state index contributed by atoms with van der Waals surface area (Å²) in [6, 6.07) is 5.27. The molecule has 2 nitrogen and oxygen atoms in total. The van der Waals surface area contributed by atoms with Gasteiger partial charge in [-0.2, -0.15) is 0 Å². The highest BCUT2D eigenvalue weighted by atomic mass is 19.1. The standard InChI is InChI=1S/C14H22FNO/c1-5-7-10(2)16(4)13-9-6-8-12(15)14(13)11(3)17/h6,8-11,17H,5,7H2,1-4H3. The van der Waals surface area contributed by atoms with Crippen molar-refractivity contribution in [3.8, 4) is 0 Å². The fourth-order valence-electron chi connectivity index (χ4n) is 2.10. The molecular weight excluding hydrogens is 217 g/mol. The van der Waals surface area contributed by atoms with Gasteiger partial charge in [-0.05, 0) is 32.4 Å². The van der Waals surface area contributed by atoms with Crippen molar-refractivity contribution in [3.63, 3.8) is 0 Å². The average molecular weight is 239 g/mol. The molecule has 0 aromatic heterocycles. The summed E-state index contributed by atoms with van der Waals surface area (Å²) >= 11 is 0. The Kier molecular flexibility index (Phi) is 4.94. The molecule has 0 amide bonds. The van der Waals surface area contributed by atoms with Crippen LogP contribution in [-0.2, 0) is 0 Å².